The van der Waals surface area contributed by atoms with E-state index in [1.165, 1.54) is 0 Å². The summed E-state index contributed by atoms with van der Waals surface area (Å²) in [5, 5.41) is 0.583. The second-order valence-electron chi connectivity index (χ2n) is 4.05. The number of benzene rings is 1. The number of ether oxygens (including phenoxy) is 3. The van der Waals surface area contributed by atoms with Crippen LogP contribution < -0.4 is 4.74 Å². The zero-order valence-corrected chi connectivity index (χ0v) is 10.9. The molecule has 1 fully saturated rings. The Bertz CT molecular complexity index is 386. The van der Waals surface area contributed by atoms with Gasteiger partial charge in [0.2, 0.25) is 0 Å². The van der Waals surface area contributed by atoms with Gasteiger partial charge in [0.15, 0.2) is 5.79 Å². The summed E-state index contributed by atoms with van der Waals surface area (Å²) in [6, 6.07) is 5.66. The summed E-state index contributed by atoms with van der Waals surface area (Å²) in [6.07, 6.45) is 1.82. The van der Waals surface area contributed by atoms with E-state index in [1.54, 1.807) is 7.11 Å². The van der Waals surface area contributed by atoms with Crippen molar-refractivity contribution >= 4 is 11.6 Å². The fourth-order valence-electron chi connectivity index (χ4n) is 2.14. The first-order valence-electron chi connectivity index (χ1n) is 5.84. The number of halogens is 1. The molecule has 0 bridgehead atoms. The normalized spacial score (nSPS) is 18.3. The first kappa shape index (κ1) is 12.7. The van der Waals surface area contributed by atoms with Crippen molar-refractivity contribution in [2.75, 3.05) is 20.3 Å². The molecule has 4 heteroatoms. The highest BCUT2D eigenvalue weighted by Gasteiger charge is 2.37. The Labute approximate surface area is 107 Å². The van der Waals surface area contributed by atoms with E-state index in [2.05, 4.69) is 6.92 Å². The largest absolute Gasteiger partial charge is 0.495 e. The average Bonchev–Trinajstić information content (AvgIpc) is 2.79. The zero-order valence-electron chi connectivity index (χ0n) is 10.2. The lowest BCUT2D eigenvalue weighted by molar-refractivity contribution is -0.170. The molecule has 1 aromatic rings. The summed E-state index contributed by atoms with van der Waals surface area (Å²) in [5.41, 5.74) is 0.961. The van der Waals surface area contributed by atoms with Gasteiger partial charge < -0.3 is 14.2 Å². The van der Waals surface area contributed by atoms with Crippen LogP contribution in [0.3, 0.4) is 0 Å². The Morgan fingerprint density at radius 1 is 1.35 bits per heavy atom. The minimum atomic E-state index is -0.620. The summed E-state index contributed by atoms with van der Waals surface area (Å²) in [7, 11) is 1.60. The van der Waals surface area contributed by atoms with Crippen LogP contribution >= 0.6 is 11.6 Å². The van der Waals surface area contributed by atoms with Crippen LogP contribution in [0, 0.1) is 0 Å². The maximum Gasteiger partial charge on any atom is 0.195 e. The topological polar surface area (TPSA) is 27.7 Å². The molecule has 0 atom stereocenters. The van der Waals surface area contributed by atoms with Crippen LogP contribution in [-0.4, -0.2) is 20.3 Å². The van der Waals surface area contributed by atoms with E-state index in [9.17, 15) is 0 Å². The van der Waals surface area contributed by atoms with Crippen molar-refractivity contribution in [3.63, 3.8) is 0 Å². The minimum Gasteiger partial charge on any atom is -0.495 e. The molecule has 0 N–H and O–H groups in total. The molecule has 1 aliphatic rings. The summed E-state index contributed by atoms with van der Waals surface area (Å²) in [4.78, 5) is 0. The third kappa shape index (κ3) is 2.41. The number of methoxy groups -OCH3 is 1. The zero-order chi connectivity index (χ0) is 12.3. The Morgan fingerprint density at radius 2 is 2.06 bits per heavy atom. The van der Waals surface area contributed by atoms with Crippen LogP contribution in [0.4, 0.5) is 0 Å². The molecular weight excluding hydrogens is 240 g/mol. The third-order valence-corrected chi connectivity index (χ3v) is 3.22. The monoisotopic (exact) mass is 256 g/mol. The molecular formula is C13H17ClO3. The minimum absolute atomic E-state index is 0.583. The molecule has 1 heterocycles. The van der Waals surface area contributed by atoms with Gasteiger partial charge in [0.05, 0.1) is 25.3 Å². The number of hydrogen-bond donors (Lipinski definition) is 0. The van der Waals surface area contributed by atoms with E-state index < -0.39 is 5.79 Å². The Balaban J connectivity index is 2.33. The molecule has 0 aromatic heterocycles. The van der Waals surface area contributed by atoms with Gasteiger partial charge >= 0.3 is 0 Å². The molecule has 0 aliphatic carbocycles. The standard InChI is InChI=1S/C13H17ClO3/c1-3-6-13(16-7-8-17-13)10-4-5-12(15-2)11(14)9-10/h4-5,9H,3,6-8H2,1-2H3. The lowest BCUT2D eigenvalue weighted by Gasteiger charge is -2.27. The molecule has 1 saturated heterocycles. The molecule has 0 spiro atoms. The summed E-state index contributed by atoms with van der Waals surface area (Å²) >= 11 is 6.13. The van der Waals surface area contributed by atoms with E-state index in [1.807, 2.05) is 18.2 Å². The van der Waals surface area contributed by atoms with Crippen LogP contribution in [0.5, 0.6) is 5.75 Å². The second kappa shape index (κ2) is 5.25. The molecule has 1 aliphatic heterocycles. The number of hydrogen-bond acceptors (Lipinski definition) is 3. The molecule has 2 rings (SSSR count). The van der Waals surface area contributed by atoms with Crippen molar-refractivity contribution in [2.24, 2.45) is 0 Å². The fraction of sp³-hybridized carbons (Fsp3) is 0.538. The predicted molar refractivity (Wildman–Crippen MR) is 66.5 cm³/mol. The molecule has 0 saturated carbocycles. The van der Waals surface area contributed by atoms with E-state index in [4.69, 9.17) is 25.8 Å². The highest BCUT2D eigenvalue weighted by atomic mass is 35.5. The van der Waals surface area contributed by atoms with Crippen molar-refractivity contribution in [2.45, 2.75) is 25.6 Å². The SMILES string of the molecule is CCCC1(c2ccc(OC)c(Cl)c2)OCCO1. The molecule has 0 unspecified atom stereocenters. The van der Waals surface area contributed by atoms with Gasteiger partial charge in [0, 0.05) is 12.0 Å². The summed E-state index contributed by atoms with van der Waals surface area (Å²) < 4.78 is 16.7. The van der Waals surface area contributed by atoms with Crippen molar-refractivity contribution in [1.82, 2.24) is 0 Å². The second-order valence-corrected chi connectivity index (χ2v) is 4.46. The van der Waals surface area contributed by atoms with E-state index in [0.29, 0.717) is 24.0 Å². The Hall–Kier alpha value is -0.770. The van der Waals surface area contributed by atoms with Crippen molar-refractivity contribution in [3.8, 4) is 5.75 Å². The van der Waals surface area contributed by atoms with Gasteiger partial charge in [0.25, 0.3) is 0 Å². The Kier molecular flexibility index (Phi) is 3.92. The van der Waals surface area contributed by atoms with Gasteiger partial charge in [-0.1, -0.05) is 24.9 Å². The lowest BCUT2D eigenvalue weighted by atomic mass is 10.0. The van der Waals surface area contributed by atoms with Gasteiger partial charge in [-0.2, -0.15) is 0 Å². The van der Waals surface area contributed by atoms with E-state index in [-0.39, 0.29) is 0 Å². The predicted octanol–water partition coefficient (Wildman–Crippen LogP) is 3.35. The first-order valence-corrected chi connectivity index (χ1v) is 6.21. The van der Waals surface area contributed by atoms with Crippen molar-refractivity contribution in [1.29, 1.82) is 0 Å². The van der Waals surface area contributed by atoms with Gasteiger partial charge in [-0.15, -0.1) is 0 Å². The molecule has 17 heavy (non-hydrogen) atoms. The lowest BCUT2D eigenvalue weighted by Crippen LogP contribution is -2.26. The Morgan fingerprint density at radius 3 is 2.59 bits per heavy atom. The maximum atomic E-state index is 6.13. The molecule has 1 aromatic carbocycles. The highest BCUT2D eigenvalue weighted by Crippen LogP contribution is 2.38. The molecule has 3 nitrogen and oxygen atoms in total. The van der Waals surface area contributed by atoms with Gasteiger partial charge in [0.1, 0.15) is 5.75 Å². The summed E-state index contributed by atoms with van der Waals surface area (Å²) in [6.45, 7) is 3.37. The van der Waals surface area contributed by atoms with Crippen molar-refractivity contribution in [3.05, 3.63) is 28.8 Å². The maximum absolute atomic E-state index is 6.13. The molecule has 0 radical (unpaired) electrons. The first-order chi connectivity index (χ1) is 8.22. The van der Waals surface area contributed by atoms with Crippen molar-refractivity contribution < 1.29 is 14.2 Å². The van der Waals surface area contributed by atoms with Gasteiger partial charge in [-0.25, -0.2) is 0 Å². The van der Waals surface area contributed by atoms with Crippen LogP contribution in [0.25, 0.3) is 0 Å². The quantitative estimate of drug-likeness (QED) is 0.827. The van der Waals surface area contributed by atoms with Gasteiger partial charge in [-0.05, 0) is 18.2 Å². The van der Waals surface area contributed by atoms with E-state index in [0.717, 1.165) is 18.4 Å². The van der Waals surface area contributed by atoms with E-state index >= 15 is 0 Å². The molecule has 94 valence electrons. The van der Waals surface area contributed by atoms with Crippen LogP contribution in [0.1, 0.15) is 25.3 Å². The van der Waals surface area contributed by atoms with Crippen LogP contribution in [0.15, 0.2) is 18.2 Å². The average molecular weight is 257 g/mol. The fourth-order valence-corrected chi connectivity index (χ4v) is 2.40. The van der Waals surface area contributed by atoms with Crippen LogP contribution in [0.2, 0.25) is 5.02 Å². The van der Waals surface area contributed by atoms with Crippen LogP contribution in [-0.2, 0) is 15.3 Å². The van der Waals surface area contributed by atoms with Gasteiger partial charge in [-0.3, -0.25) is 0 Å². The smallest absolute Gasteiger partial charge is 0.195 e. The number of rotatable bonds is 4. The third-order valence-electron chi connectivity index (χ3n) is 2.92. The summed E-state index contributed by atoms with van der Waals surface area (Å²) in [5.74, 6) is 0.0463. The highest BCUT2D eigenvalue weighted by molar-refractivity contribution is 6.32. The molecule has 0 amide bonds.